The summed E-state index contributed by atoms with van der Waals surface area (Å²) in [5.41, 5.74) is 12.9. The average Bonchev–Trinajstić information content (AvgIpc) is 3.61. The molecular formula is C65H86O4S2. The van der Waals surface area contributed by atoms with Crippen molar-refractivity contribution in [2.45, 2.75) is 223 Å². The van der Waals surface area contributed by atoms with Crippen molar-refractivity contribution < 1.29 is 8.83 Å². The van der Waals surface area contributed by atoms with Crippen LogP contribution in [0.1, 0.15) is 214 Å². The zero-order valence-electron chi connectivity index (χ0n) is 44.2. The zero-order valence-corrected chi connectivity index (χ0v) is 45.9. The van der Waals surface area contributed by atoms with Crippen molar-refractivity contribution in [2.75, 3.05) is 11.5 Å². The molecule has 0 spiro atoms. The molecule has 7 rings (SSSR count). The van der Waals surface area contributed by atoms with Crippen LogP contribution in [-0.2, 0) is 18.3 Å². The number of aryl methyl sites for hydroxylation is 4. The fourth-order valence-electron chi connectivity index (χ4n) is 11.3. The normalized spacial score (nSPS) is 12.8. The molecular weight excluding hydrogens is 909 g/mol. The smallest absolute Gasteiger partial charge is 0.336 e. The van der Waals surface area contributed by atoms with Gasteiger partial charge in [0.05, 0.1) is 0 Å². The Morgan fingerprint density at radius 3 is 1.21 bits per heavy atom. The van der Waals surface area contributed by atoms with Crippen LogP contribution in [0.2, 0.25) is 0 Å². The first-order valence-electron chi connectivity index (χ1n) is 28.4. The third kappa shape index (κ3) is 16.0. The molecule has 0 N–H and O–H groups in total. The van der Waals surface area contributed by atoms with Crippen LogP contribution >= 0.6 is 23.5 Å². The van der Waals surface area contributed by atoms with Gasteiger partial charge in [-0.05, 0) is 170 Å². The Bertz CT molecular complexity index is 2510. The minimum absolute atomic E-state index is 0.111. The maximum absolute atomic E-state index is 11.6. The highest BCUT2D eigenvalue weighted by molar-refractivity contribution is 7.99. The number of thioether (sulfide) groups is 2. The van der Waals surface area contributed by atoms with Crippen LogP contribution < -0.4 is 11.3 Å². The SMILES string of the molecule is CCCCCCCCC1(CCCCCCCC)c2cc(C)c(SCCCCCCCCc3ccc4oc(=O)ccc4c3)cc2-c2cc(SCCCCCCCCc3ccc4oc(=O)ccc4c3)c(C)cc21. The first-order valence-corrected chi connectivity index (χ1v) is 30.4. The fourth-order valence-corrected chi connectivity index (χ4v) is 13.5. The average molecular weight is 996 g/mol. The Morgan fingerprint density at radius 2 is 0.789 bits per heavy atom. The Kier molecular flexibility index (Phi) is 22.4. The molecule has 0 atom stereocenters. The molecule has 6 heteroatoms. The zero-order chi connectivity index (χ0) is 49.7. The van der Waals surface area contributed by atoms with Gasteiger partial charge < -0.3 is 8.83 Å². The molecule has 71 heavy (non-hydrogen) atoms. The summed E-state index contributed by atoms with van der Waals surface area (Å²) in [6, 6.07) is 29.8. The largest absolute Gasteiger partial charge is 0.423 e. The van der Waals surface area contributed by atoms with E-state index in [0.717, 1.165) is 23.6 Å². The molecule has 0 aliphatic heterocycles. The molecule has 0 saturated carbocycles. The topological polar surface area (TPSA) is 60.4 Å². The highest BCUT2D eigenvalue weighted by Gasteiger charge is 2.43. The minimum atomic E-state index is -0.286. The standard InChI is InChI=1S/C65H86O4S2/c1-5-7-9-11-19-25-39-65(40-26-20-12-10-8-6-2)57-43-49(3)61(70-41-27-21-15-13-17-23-29-51-31-35-59-53(45-51)33-37-63(66)68-59)47-55(57)56-48-62(50(4)44-58(56)65)71-42-28-22-16-14-18-24-30-52-32-36-60-54(46-52)34-38-64(67)69-60/h31-38,43-48H,5-30,39-42H2,1-4H3. The highest BCUT2D eigenvalue weighted by atomic mass is 32.2. The van der Waals surface area contributed by atoms with Crippen molar-refractivity contribution in [3.8, 4) is 11.1 Å². The van der Waals surface area contributed by atoms with E-state index in [1.54, 1.807) is 11.1 Å². The summed E-state index contributed by atoms with van der Waals surface area (Å²) in [5.74, 6) is 2.36. The van der Waals surface area contributed by atoms with Crippen molar-refractivity contribution in [3.63, 3.8) is 0 Å². The molecule has 1 aliphatic carbocycles. The molecule has 4 aromatic carbocycles. The van der Waals surface area contributed by atoms with E-state index in [9.17, 15) is 9.59 Å². The van der Waals surface area contributed by atoms with E-state index in [4.69, 9.17) is 8.83 Å². The molecule has 0 bridgehead atoms. The van der Waals surface area contributed by atoms with Crippen molar-refractivity contribution in [1.29, 1.82) is 0 Å². The molecule has 0 radical (unpaired) electrons. The first kappa shape index (κ1) is 54.8. The van der Waals surface area contributed by atoms with Crippen LogP contribution in [0.3, 0.4) is 0 Å². The monoisotopic (exact) mass is 995 g/mol. The molecule has 2 heterocycles. The van der Waals surface area contributed by atoms with E-state index >= 15 is 0 Å². The van der Waals surface area contributed by atoms with Gasteiger partial charge in [-0.25, -0.2) is 9.59 Å². The summed E-state index contributed by atoms with van der Waals surface area (Å²) in [6.45, 7) is 9.46. The Morgan fingerprint density at radius 1 is 0.408 bits per heavy atom. The van der Waals surface area contributed by atoms with Crippen LogP contribution in [0.15, 0.2) is 113 Å². The predicted molar refractivity (Wildman–Crippen MR) is 307 cm³/mol. The van der Waals surface area contributed by atoms with Crippen LogP contribution in [0.25, 0.3) is 33.1 Å². The Labute approximate surface area is 436 Å². The second-order valence-electron chi connectivity index (χ2n) is 21.1. The van der Waals surface area contributed by atoms with Crippen molar-refractivity contribution in [1.82, 2.24) is 0 Å². The summed E-state index contributed by atoms with van der Waals surface area (Å²) in [6.07, 6.45) is 36.1. The first-order chi connectivity index (χ1) is 34.8. The van der Waals surface area contributed by atoms with Crippen LogP contribution in [0.5, 0.6) is 0 Å². The van der Waals surface area contributed by atoms with Crippen molar-refractivity contribution in [2.24, 2.45) is 0 Å². The molecule has 0 saturated heterocycles. The van der Waals surface area contributed by atoms with Gasteiger partial charge in [-0.1, -0.05) is 167 Å². The lowest BCUT2D eigenvalue weighted by molar-refractivity contribution is 0.397. The number of hydrogen-bond donors (Lipinski definition) is 0. The summed E-state index contributed by atoms with van der Waals surface area (Å²) >= 11 is 4.20. The summed E-state index contributed by atoms with van der Waals surface area (Å²) in [7, 11) is 0. The van der Waals surface area contributed by atoms with Gasteiger partial charge in [0.15, 0.2) is 0 Å². The summed E-state index contributed by atoms with van der Waals surface area (Å²) < 4.78 is 10.6. The molecule has 0 amide bonds. The quantitative estimate of drug-likeness (QED) is 0.0228. The second-order valence-corrected chi connectivity index (χ2v) is 23.4. The third-order valence-corrected chi connectivity index (χ3v) is 18.0. The van der Waals surface area contributed by atoms with E-state index in [-0.39, 0.29) is 16.7 Å². The molecule has 4 nitrogen and oxygen atoms in total. The molecule has 382 valence electrons. The van der Waals surface area contributed by atoms with Crippen LogP contribution in [0, 0.1) is 13.8 Å². The summed E-state index contributed by atoms with van der Waals surface area (Å²) in [5, 5.41) is 2.02. The van der Waals surface area contributed by atoms with E-state index in [1.807, 2.05) is 24.3 Å². The second kappa shape index (κ2) is 29.0. The van der Waals surface area contributed by atoms with Gasteiger partial charge in [0, 0.05) is 38.1 Å². The molecule has 2 aromatic heterocycles. The van der Waals surface area contributed by atoms with Gasteiger partial charge in [0.25, 0.3) is 0 Å². The third-order valence-electron chi connectivity index (χ3n) is 15.5. The van der Waals surface area contributed by atoms with Crippen LogP contribution in [0.4, 0.5) is 0 Å². The lowest BCUT2D eigenvalue weighted by Crippen LogP contribution is -2.26. The predicted octanol–water partition coefficient (Wildman–Crippen LogP) is 19.6. The van der Waals surface area contributed by atoms with E-state index in [2.05, 4.69) is 99.7 Å². The van der Waals surface area contributed by atoms with Gasteiger partial charge in [-0.15, -0.1) is 23.5 Å². The molecule has 1 aliphatic rings. The number of fused-ring (bicyclic) bond motifs is 5. The van der Waals surface area contributed by atoms with Crippen molar-refractivity contribution in [3.05, 3.63) is 139 Å². The Balaban J connectivity index is 0.950. The van der Waals surface area contributed by atoms with Gasteiger partial charge in [-0.3, -0.25) is 0 Å². The molecule has 0 fully saturated rings. The maximum Gasteiger partial charge on any atom is 0.336 e. The highest BCUT2D eigenvalue weighted by Crippen LogP contribution is 2.56. The van der Waals surface area contributed by atoms with Gasteiger partial charge in [0.2, 0.25) is 0 Å². The van der Waals surface area contributed by atoms with Crippen molar-refractivity contribution >= 4 is 45.5 Å². The summed E-state index contributed by atoms with van der Waals surface area (Å²) in [4.78, 5) is 26.1. The van der Waals surface area contributed by atoms with E-state index in [1.165, 1.54) is 234 Å². The minimum Gasteiger partial charge on any atom is -0.423 e. The van der Waals surface area contributed by atoms with Crippen LogP contribution in [-0.4, -0.2) is 11.5 Å². The maximum atomic E-state index is 11.6. The van der Waals surface area contributed by atoms with Gasteiger partial charge in [0.1, 0.15) is 11.2 Å². The van der Waals surface area contributed by atoms with E-state index in [0.29, 0.717) is 11.2 Å². The van der Waals surface area contributed by atoms with Gasteiger partial charge in [-0.2, -0.15) is 0 Å². The fraction of sp³-hybridized carbons (Fsp3) is 0.538. The number of rotatable bonds is 34. The lowest BCUT2D eigenvalue weighted by Gasteiger charge is -2.33. The number of benzene rings is 4. The van der Waals surface area contributed by atoms with Gasteiger partial charge >= 0.3 is 11.3 Å². The molecule has 6 aromatic rings. The number of unbranched alkanes of at least 4 members (excludes halogenated alkanes) is 20. The molecule has 0 unspecified atom stereocenters. The van der Waals surface area contributed by atoms with E-state index < -0.39 is 0 Å². The number of hydrogen-bond acceptors (Lipinski definition) is 6. The lowest BCUT2D eigenvalue weighted by atomic mass is 9.70. The Hall–Kier alpha value is -4.00.